The van der Waals surface area contributed by atoms with Crippen LogP contribution in [0.1, 0.15) is 23.2 Å². The third kappa shape index (κ3) is 2.96. The van der Waals surface area contributed by atoms with E-state index >= 15 is 0 Å². The molecule has 0 bridgehead atoms. The van der Waals surface area contributed by atoms with Gasteiger partial charge >= 0.3 is 0 Å². The second-order valence-corrected chi connectivity index (χ2v) is 4.62. The lowest BCUT2D eigenvalue weighted by Gasteiger charge is -2.29. The molecule has 4 N–H and O–H groups in total. The second-order valence-electron chi connectivity index (χ2n) is 4.62. The number of hydrazine groups is 1. The normalized spacial score (nSPS) is 17.4. The molecule has 18 heavy (non-hydrogen) atoms. The molecule has 0 aliphatic carbocycles. The average molecular weight is 249 g/mol. The molecule has 0 radical (unpaired) electrons. The molecule has 1 saturated heterocycles. The van der Waals surface area contributed by atoms with E-state index in [0.29, 0.717) is 11.3 Å². The van der Waals surface area contributed by atoms with Crippen LogP contribution in [0.25, 0.3) is 0 Å². The molecule has 2 heterocycles. The van der Waals surface area contributed by atoms with Crippen molar-refractivity contribution in [3.05, 3.63) is 24.0 Å². The number of amides is 1. The van der Waals surface area contributed by atoms with Gasteiger partial charge in [-0.25, -0.2) is 0 Å². The van der Waals surface area contributed by atoms with Crippen LogP contribution >= 0.6 is 0 Å². The molecule has 0 spiro atoms. The summed E-state index contributed by atoms with van der Waals surface area (Å²) in [6, 6.07) is 1.91. The molecule has 1 aromatic heterocycles. The molecule has 1 aliphatic rings. The van der Waals surface area contributed by atoms with Gasteiger partial charge in [0.1, 0.15) is 0 Å². The van der Waals surface area contributed by atoms with Crippen LogP contribution in [0.2, 0.25) is 0 Å². The monoisotopic (exact) mass is 249 g/mol. The van der Waals surface area contributed by atoms with Gasteiger partial charge in [0.15, 0.2) is 0 Å². The molecule has 98 valence electrons. The number of rotatable bonds is 3. The zero-order valence-corrected chi connectivity index (χ0v) is 10.5. The van der Waals surface area contributed by atoms with Gasteiger partial charge in [-0.05, 0) is 39.0 Å². The first-order valence-electron chi connectivity index (χ1n) is 6.10. The molecule has 0 aromatic carbocycles. The van der Waals surface area contributed by atoms with Crippen molar-refractivity contribution in [1.29, 1.82) is 0 Å². The number of piperidine rings is 1. The van der Waals surface area contributed by atoms with E-state index in [0.717, 1.165) is 25.9 Å². The molecule has 1 amide bonds. The van der Waals surface area contributed by atoms with Crippen molar-refractivity contribution >= 4 is 11.6 Å². The van der Waals surface area contributed by atoms with Gasteiger partial charge in [-0.3, -0.25) is 15.6 Å². The predicted molar refractivity (Wildman–Crippen MR) is 70.0 cm³/mol. The topological polar surface area (TPSA) is 83.3 Å². The maximum atomic E-state index is 12.1. The van der Waals surface area contributed by atoms with Crippen molar-refractivity contribution < 1.29 is 4.79 Å². The molecular weight excluding hydrogens is 230 g/mol. The first-order chi connectivity index (χ1) is 8.70. The number of likely N-dealkylation sites (tertiary alicyclic amines) is 1. The van der Waals surface area contributed by atoms with E-state index in [1.807, 2.05) is 0 Å². The number of pyridine rings is 1. The summed E-state index contributed by atoms with van der Waals surface area (Å²) in [5.74, 6) is 5.27. The van der Waals surface area contributed by atoms with Crippen LogP contribution < -0.4 is 16.6 Å². The standard InChI is InChI=1S/C12H19N5O/c1-17-6-3-9(4-7-17)15-12(18)10-2-5-14-8-11(10)16-13/h2,5,8-9,16H,3-4,6-7,13H2,1H3,(H,15,18). The lowest BCUT2D eigenvalue weighted by molar-refractivity contribution is 0.0917. The highest BCUT2D eigenvalue weighted by Gasteiger charge is 2.20. The maximum Gasteiger partial charge on any atom is 0.253 e. The molecule has 1 aliphatic heterocycles. The van der Waals surface area contributed by atoms with Crippen LogP contribution in [0.4, 0.5) is 5.69 Å². The third-order valence-electron chi connectivity index (χ3n) is 3.27. The number of nitrogens with two attached hydrogens (primary N) is 1. The highest BCUT2D eigenvalue weighted by molar-refractivity contribution is 5.99. The van der Waals surface area contributed by atoms with Crippen molar-refractivity contribution in [3.63, 3.8) is 0 Å². The van der Waals surface area contributed by atoms with Crippen molar-refractivity contribution in [1.82, 2.24) is 15.2 Å². The Bertz CT molecular complexity index is 415. The van der Waals surface area contributed by atoms with Crippen LogP contribution in [-0.4, -0.2) is 42.0 Å². The maximum absolute atomic E-state index is 12.1. The number of aromatic nitrogens is 1. The van der Waals surface area contributed by atoms with E-state index < -0.39 is 0 Å². The van der Waals surface area contributed by atoms with Gasteiger partial charge in [-0.15, -0.1) is 0 Å². The summed E-state index contributed by atoms with van der Waals surface area (Å²) in [6.45, 7) is 2.03. The summed E-state index contributed by atoms with van der Waals surface area (Å²) >= 11 is 0. The van der Waals surface area contributed by atoms with E-state index in [4.69, 9.17) is 5.84 Å². The van der Waals surface area contributed by atoms with Crippen molar-refractivity contribution in [2.45, 2.75) is 18.9 Å². The van der Waals surface area contributed by atoms with Gasteiger partial charge in [0.05, 0.1) is 17.4 Å². The molecule has 1 fully saturated rings. The fourth-order valence-corrected chi connectivity index (χ4v) is 2.12. The Kier molecular flexibility index (Phi) is 4.11. The minimum Gasteiger partial charge on any atom is -0.349 e. The van der Waals surface area contributed by atoms with E-state index in [-0.39, 0.29) is 11.9 Å². The lowest BCUT2D eigenvalue weighted by Crippen LogP contribution is -2.43. The number of anilines is 1. The predicted octanol–water partition coefficient (Wildman–Crippen LogP) is 0.191. The van der Waals surface area contributed by atoms with Crippen molar-refractivity contribution in [2.24, 2.45) is 5.84 Å². The van der Waals surface area contributed by atoms with Crippen LogP contribution in [-0.2, 0) is 0 Å². The van der Waals surface area contributed by atoms with Crippen LogP contribution in [0.5, 0.6) is 0 Å². The SMILES string of the molecule is CN1CCC(NC(=O)c2ccncc2NN)CC1. The van der Waals surface area contributed by atoms with Gasteiger partial charge in [0.25, 0.3) is 5.91 Å². The first kappa shape index (κ1) is 12.8. The van der Waals surface area contributed by atoms with Crippen molar-refractivity contribution in [2.75, 3.05) is 25.6 Å². The van der Waals surface area contributed by atoms with E-state index in [9.17, 15) is 4.79 Å². The highest BCUT2D eigenvalue weighted by Crippen LogP contribution is 2.14. The molecule has 6 nitrogen and oxygen atoms in total. The molecule has 2 rings (SSSR count). The summed E-state index contributed by atoms with van der Waals surface area (Å²) < 4.78 is 0. The van der Waals surface area contributed by atoms with Crippen LogP contribution in [0, 0.1) is 0 Å². The minimum atomic E-state index is -0.0973. The summed E-state index contributed by atoms with van der Waals surface area (Å²) in [7, 11) is 2.09. The highest BCUT2D eigenvalue weighted by atomic mass is 16.1. The number of nitrogens with one attached hydrogen (secondary N) is 2. The number of nitrogens with zero attached hydrogens (tertiary/aromatic N) is 2. The summed E-state index contributed by atoms with van der Waals surface area (Å²) in [6.07, 6.45) is 5.10. The molecule has 0 saturated carbocycles. The molecule has 1 aromatic rings. The van der Waals surface area contributed by atoms with E-state index in [2.05, 4.69) is 27.7 Å². The fraction of sp³-hybridized carbons (Fsp3) is 0.500. The number of carbonyl (C=O) groups excluding carboxylic acids is 1. The summed E-state index contributed by atoms with van der Waals surface area (Å²) in [5.41, 5.74) is 3.57. The smallest absolute Gasteiger partial charge is 0.253 e. The Labute approximate surface area is 107 Å². The van der Waals surface area contributed by atoms with Crippen molar-refractivity contribution in [3.8, 4) is 0 Å². The lowest BCUT2D eigenvalue weighted by atomic mass is 10.0. The van der Waals surface area contributed by atoms with Gasteiger partial charge in [-0.1, -0.05) is 0 Å². The minimum absolute atomic E-state index is 0.0973. The fourth-order valence-electron chi connectivity index (χ4n) is 2.12. The number of hydrogen-bond donors (Lipinski definition) is 3. The quantitative estimate of drug-likeness (QED) is 0.526. The molecular formula is C12H19N5O. The molecule has 0 atom stereocenters. The molecule has 0 unspecified atom stereocenters. The largest absolute Gasteiger partial charge is 0.349 e. The van der Waals surface area contributed by atoms with Gasteiger partial charge in [0.2, 0.25) is 0 Å². The molecule has 6 heteroatoms. The zero-order valence-electron chi connectivity index (χ0n) is 10.5. The Morgan fingerprint density at radius 3 is 2.89 bits per heavy atom. The first-order valence-corrected chi connectivity index (χ1v) is 6.10. The number of nitrogen functional groups attached to an aromatic ring is 1. The van der Waals surface area contributed by atoms with Gasteiger partial charge in [-0.2, -0.15) is 0 Å². The van der Waals surface area contributed by atoms with Gasteiger partial charge in [0, 0.05) is 12.2 Å². The summed E-state index contributed by atoms with van der Waals surface area (Å²) in [5, 5.41) is 3.04. The van der Waals surface area contributed by atoms with Crippen LogP contribution in [0.3, 0.4) is 0 Å². The third-order valence-corrected chi connectivity index (χ3v) is 3.27. The van der Waals surface area contributed by atoms with E-state index in [1.165, 1.54) is 0 Å². The van der Waals surface area contributed by atoms with Gasteiger partial charge < -0.3 is 15.6 Å². The average Bonchev–Trinajstić information content (AvgIpc) is 2.41. The number of carbonyl (C=O) groups is 1. The summed E-state index contributed by atoms with van der Waals surface area (Å²) in [4.78, 5) is 18.3. The Hall–Kier alpha value is -1.66. The van der Waals surface area contributed by atoms with E-state index in [1.54, 1.807) is 18.5 Å². The van der Waals surface area contributed by atoms with Crippen LogP contribution in [0.15, 0.2) is 18.5 Å². The zero-order chi connectivity index (χ0) is 13.0. The number of hydrogen-bond acceptors (Lipinski definition) is 5. The Morgan fingerprint density at radius 1 is 1.50 bits per heavy atom. The Balaban J connectivity index is 1.99. The second kappa shape index (κ2) is 5.79. The Morgan fingerprint density at radius 2 is 2.22 bits per heavy atom.